The molecule has 168 valence electrons. The van der Waals surface area contributed by atoms with Crippen LogP contribution in [0.3, 0.4) is 0 Å². The van der Waals surface area contributed by atoms with Crippen molar-refractivity contribution in [1.29, 1.82) is 0 Å². The highest BCUT2D eigenvalue weighted by Gasteiger charge is 2.35. The molecule has 1 amide bonds. The highest BCUT2D eigenvalue weighted by atomic mass is 32.2. The Bertz CT molecular complexity index is 1100. The maximum atomic E-state index is 13.1. The van der Waals surface area contributed by atoms with Gasteiger partial charge in [0.15, 0.2) is 0 Å². The zero-order valence-electron chi connectivity index (χ0n) is 19.4. The summed E-state index contributed by atoms with van der Waals surface area (Å²) < 4.78 is 32.5. The Morgan fingerprint density at radius 3 is 2.29 bits per heavy atom. The number of ether oxygens (including phenoxy) is 1. The Balaban J connectivity index is 1.90. The van der Waals surface area contributed by atoms with Crippen molar-refractivity contribution in [2.75, 3.05) is 17.1 Å². The van der Waals surface area contributed by atoms with Crippen LogP contribution in [0, 0.1) is 27.7 Å². The molecule has 0 spiro atoms. The van der Waals surface area contributed by atoms with E-state index in [1.165, 1.54) is 4.31 Å². The van der Waals surface area contributed by atoms with Gasteiger partial charge in [-0.25, -0.2) is 8.42 Å². The zero-order valence-corrected chi connectivity index (χ0v) is 20.2. The Labute approximate surface area is 185 Å². The van der Waals surface area contributed by atoms with Gasteiger partial charge in [0, 0.05) is 12.0 Å². The lowest BCUT2D eigenvalue weighted by Crippen LogP contribution is -2.45. The largest absolute Gasteiger partial charge is 0.487 e. The smallest absolute Gasteiger partial charge is 0.241 e. The lowest BCUT2D eigenvalue weighted by atomic mass is 9.89. The molecule has 0 radical (unpaired) electrons. The average Bonchev–Trinajstić information content (AvgIpc) is 2.59. The summed E-state index contributed by atoms with van der Waals surface area (Å²) in [6, 6.07) is 9.52. The van der Waals surface area contributed by atoms with Gasteiger partial charge in [-0.2, -0.15) is 0 Å². The average molecular weight is 445 g/mol. The summed E-state index contributed by atoms with van der Waals surface area (Å²) in [4.78, 5) is 13.1. The van der Waals surface area contributed by atoms with Crippen molar-refractivity contribution >= 4 is 21.6 Å². The molecular weight excluding hydrogens is 412 g/mol. The van der Waals surface area contributed by atoms with Crippen LogP contribution in [-0.2, 0) is 14.8 Å². The predicted molar refractivity (Wildman–Crippen MR) is 124 cm³/mol. The van der Waals surface area contributed by atoms with E-state index >= 15 is 0 Å². The Morgan fingerprint density at radius 1 is 1.10 bits per heavy atom. The number of nitrogens with zero attached hydrogens (tertiary/aromatic N) is 1. The van der Waals surface area contributed by atoms with Crippen LogP contribution in [0.5, 0.6) is 5.75 Å². The van der Waals surface area contributed by atoms with E-state index in [9.17, 15) is 13.2 Å². The van der Waals surface area contributed by atoms with Crippen molar-refractivity contribution < 1.29 is 17.9 Å². The van der Waals surface area contributed by atoms with E-state index in [1.807, 2.05) is 71.9 Å². The van der Waals surface area contributed by atoms with Gasteiger partial charge in [0.1, 0.15) is 17.9 Å². The molecule has 3 rings (SSSR count). The van der Waals surface area contributed by atoms with Crippen molar-refractivity contribution in [3.05, 3.63) is 58.1 Å². The third-order valence-corrected chi connectivity index (χ3v) is 6.64. The molecule has 1 atom stereocenters. The molecule has 1 heterocycles. The first-order chi connectivity index (χ1) is 14.3. The van der Waals surface area contributed by atoms with Crippen molar-refractivity contribution in [3.8, 4) is 5.75 Å². The molecule has 31 heavy (non-hydrogen) atoms. The topological polar surface area (TPSA) is 75.7 Å². The van der Waals surface area contributed by atoms with E-state index in [2.05, 4.69) is 5.32 Å². The van der Waals surface area contributed by atoms with E-state index in [-0.39, 0.29) is 18.5 Å². The van der Waals surface area contributed by atoms with Gasteiger partial charge >= 0.3 is 0 Å². The van der Waals surface area contributed by atoms with E-state index in [1.54, 1.807) is 0 Å². The molecule has 0 aromatic heterocycles. The molecule has 2 aromatic carbocycles. The molecule has 2 aromatic rings. The standard InChI is InChI=1S/C24H32N2O4S/c1-15-8-9-21-19(12-15)20(13-24(5,6)30-21)25-22(27)14-26(31(7,28)29)23-17(3)10-16(2)11-18(23)4/h8-12,20H,13-14H2,1-7H3,(H,25,27). The summed E-state index contributed by atoms with van der Waals surface area (Å²) in [5.74, 6) is 0.400. The van der Waals surface area contributed by atoms with E-state index < -0.39 is 15.6 Å². The third kappa shape index (κ3) is 5.21. The molecule has 0 saturated carbocycles. The molecular formula is C24H32N2O4S. The van der Waals surface area contributed by atoms with Crippen LogP contribution < -0.4 is 14.4 Å². The SMILES string of the molecule is Cc1cc(C)c(N(CC(=O)NC2CC(C)(C)Oc3ccc(C)cc32)S(C)(=O)=O)c(C)c1. The number of fused-ring (bicyclic) bond motifs is 1. The second-order valence-electron chi connectivity index (χ2n) is 9.24. The second-order valence-corrected chi connectivity index (χ2v) is 11.2. The van der Waals surface area contributed by atoms with Crippen molar-refractivity contribution in [3.63, 3.8) is 0 Å². The van der Waals surface area contributed by atoms with Crippen molar-refractivity contribution in [2.24, 2.45) is 0 Å². The van der Waals surface area contributed by atoms with Gasteiger partial charge in [-0.1, -0.05) is 35.4 Å². The lowest BCUT2D eigenvalue weighted by molar-refractivity contribution is -0.120. The zero-order chi connectivity index (χ0) is 23.1. The highest BCUT2D eigenvalue weighted by Crippen LogP contribution is 2.40. The number of aryl methyl sites for hydroxylation is 4. The molecule has 0 aliphatic carbocycles. The molecule has 1 N–H and O–H groups in total. The fraction of sp³-hybridized carbons (Fsp3) is 0.458. The van der Waals surface area contributed by atoms with Crippen LogP contribution in [0.1, 0.15) is 54.1 Å². The van der Waals surface area contributed by atoms with Crippen molar-refractivity contribution in [2.45, 2.75) is 59.6 Å². The Hall–Kier alpha value is -2.54. The number of benzene rings is 2. The summed E-state index contributed by atoms with van der Waals surface area (Å²) >= 11 is 0. The monoisotopic (exact) mass is 444 g/mol. The van der Waals surface area contributed by atoms with Crippen molar-refractivity contribution in [1.82, 2.24) is 5.32 Å². The van der Waals surface area contributed by atoms with Gasteiger partial charge in [0.05, 0.1) is 18.0 Å². The first-order valence-electron chi connectivity index (χ1n) is 10.4. The first-order valence-corrected chi connectivity index (χ1v) is 12.3. The molecule has 7 heteroatoms. The van der Waals surface area contributed by atoms with Crippen LogP contribution in [-0.4, -0.2) is 32.7 Å². The van der Waals surface area contributed by atoms with E-state index in [0.717, 1.165) is 39.8 Å². The van der Waals surface area contributed by atoms with Gasteiger partial charge < -0.3 is 10.1 Å². The molecule has 1 aliphatic rings. The van der Waals surface area contributed by atoms with Gasteiger partial charge in [0.25, 0.3) is 0 Å². The number of amides is 1. The third-order valence-electron chi connectivity index (χ3n) is 5.53. The Morgan fingerprint density at radius 2 is 1.71 bits per heavy atom. The summed E-state index contributed by atoms with van der Waals surface area (Å²) in [7, 11) is -3.65. The number of anilines is 1. The van der Waals surface area contributed by atoms with Crippen LogP contribution in [0.25, 0.3) is 0 Å². The van der Waals surface area contributed by atoms with Gasteiger partial charge in [-0.05, 0) is 58.7 Å². The van der Waals surface area contributed by atoms with Crippen LogP contribution in [0.15, 0.2) is 30.3 Å². The number of rotatable bonds is 5. The van der Waals surface area contributed by atoms with Gasteiger partial charge in [0.2, 0.25) is 15.9 Å². The number of carbonyl (C=O) groups excluding carboxylic acids is 1. The number of hydrogen-bond acceptors (Lipinski definition) is 4. The molecule has 1 unspecified atom stereocenters. The van der Waals surface area contributed by atoms with E-state index in [0.29, 0.717) is 12.1 Å². The lowest BCUT2D eigenvalue weighted by Gasteiger charge is -2.38. The normalized spacial score (nSPS) is 17.5. The molecule has 1 aliphatic heterocycles. The highest BCUT2D eigenvalue weighted by molar-refractivity contribution is 7.92. The number of sulfonamides is 1. The maximum Gasteiger partial charge on any atom is 0.241 e. The van der Waals surface area contributed by atoms with Crippen LogP contribution in [0.4, 0.5) is 5.69 Å². The fourth-order valence-electron chi connectivity index (χ4n) is 4.40. The second kappa shape index (κ2) is 8.19. The van der Waals surface area contributed by atoms with Gasteiger partial charge in [-0.15, -0.1) is 0 Å². The van der Waals surface area contributed by atoms with E-state index in [4.69, 9.17) is 4.74 Å². The Kier molecular flexibility index (Phi) is 6.11. The summed E-state index contributed by atoms with van der Waals surface area (Å²) in [6.07, 6.45) is 1.73. The predicted octanol–water partition coefficient (Wildman–Crippen LogP) is 4.10. The summed E-state index contributed by atoms with van der Waals surface area (Å²) in [5.41, 5.74) is 4.81. The number of hydrogen-bond donors (Lipinski definition) is 1. The molecule has 0 fully saturated rings. The number of carbonyl (C=O) groups is 1. The summed E-state index contributed by atoms with van der Waals surface area (Å²) in [6.45, 7) is 11.4. The minimum absolute atomic E-state index is 0.257. The fourth-order valence-corrected chi connectivity index (χ4v) is 5.37. The minimum atomic E-state index is -3.65. The molecule has 6 nitrogen and oxygen atoms in total. The number of nitrogens with one attached hydrogen (secondary N) is 1. The summed E-state index contributed by atoms with van der Waals surface area (Å²) in [5, 5.41) is 3.06. The quantitative estimate of drug-likeness (QED) is 0.753. The molecule has 0 saturated heterocycles. The van der Waals surface area contributed by atoms with Crippen LogP contribution in [0.2, 0.25) is 0 Å². The van der Waals surface area contributed by atoms with Gasteiger partial charge in [-0.3, -0.25) is 9.10 Å². The first kappa shape index (κ1) is 23.1. The minimum Gasteiger partial charge on any atom is -0.487 e. The van der Waals surface area contributed by atoms with Crippen LogP contribution >= 0.6 is 0 Å². The maximum absolute atomic E-state index is 13.1. The molecule has 0 bridgehead atoms.